The van der Waals surface area contributed by atoms with Crippen LogP contribution in [0.3, 0.4) is 0 Å². The van der Waals surface area contributed by atoms with E-state index in [0.29, 0.717) is 11.1 Å². The summed E-state index contributed by atoms with van der Waals surface area (Å²) in [6.45, 7) is -0.543. The highest BCUT2D eigenvalue weighted by Gasteiger charge is 2.56. The maximum absolute atomic E-state index is 14.6. The Balaban J connectivity index is 1.57. The number of halogens is 4. The number of benzene rings is 2. The van der Waals surface area contributed by atoms with Gasteiger partial charge in [-0.15, -0.1) is 13.2 Å². The van der Waals surface area contributed by atoms with Crippen molar-refractivity contribution < 1.29 is 26.8 Å². The molecule has 0 saturated carbocycles. The molecule has 2 aromatic rings. The first-order valence-corrected chi connectivity index (χ1v) is 9.74. The number of carbonyl (C=O) groups excluding carboxylic acids is 1. The van der Waals surface area contributed by atoms with Gasteiger partial charge in [-0.2, -0.15) is 0 Å². The van der Waals surface area contributed by atoms with E-state index < -0.39 is 17.1 Å². The van der Waals surface area contributed by atoms with Gasteiger partial charge in [-0.1, -0.05) is 60.7 Å². The molecule has 3 rings (SSSR count). The Morgan fingerprint density at radius 3 is 2.07 bits per heavy atom. The summed E-state index contributed by atoms with van der Waals surface area (Å²) in [5, 5.41) is 0. The van der Waals surface area contributed by atoms with Crippen molar-refractivity contribution in [3.05, 3.63) is 71.8 Å². The highest BCUT2D eigenvalue weighted by molar-refractivity contribution is 5.95. The van der Waals surface area contributed by atoms with Crippen LogP contribution in [0.4, 0.5) is 17.6 Å². The molecule has 0 N–H and O–H groups in total. The Morgan fingerprint density at radius 2 is 1.52 bits per heavy atom. The molecule has 29 heavy (non-hydrogen) atoms. The predicted molar refractivity (Wildman–Crippen MR) is 103 cm³/mol. The molecule has 1 heterocycles. The molecule has 1 unspecified atom stereocenters. The zero-order valence-corrected chi connectivity index (χ0v) is 16.1. The van der Waals surface area contributed by atoms with Gasteiger partial charge >= 0.3 is 6.30 Å². The molecule has 0 amide bonds. The second-order valence-corrected chi connectivity index (χ2v) is 7.50. The van der Waals surface area contributed by atoms with Crippen LogP contribution < -0.4 is 0 Å². The molecule has 0 aliphatic carbocycles. The number of rotatable bonds is 7. The second kappa shape index (κ2) is 9.05. The average molecular weight is 409 g/mol. The molecule has 1 aliphatic heterocycles. The topological polar surface area (TPSA) is 20.3 Å². The quantitative estimate of drug-likeness (QED) is 0.283. The molecule has 2 aromatic carbocycles. The normalized spacial score (nSPS) is 18.3. The highest BCUT2D eigenvalue weighted by Crippen LogP contribution is 2.35. The third-order valence-electron chi connectivity index (χ3n) is 5.60. The Labute approximate surface area is 168 Å². The zero-order chi connectivity index (χ0) is 20.9. The van der Waals surface area contributed by atoms with Gasteiger partial charge < -0.3 is 0 Å². The largest absolute Gasteiger partial charge is 0.561 e. The summed E-state index contributed by atoms with van der Waals surface area (Å²) in [6, 6.07) is 17.2. The van der Waals surface area contributed by atoms with Crippen LogP contribution in [-0.2, 0) is 6.54 Å². The number of hydrogen-bond acceptors (Lipinski definition) is 2. The molecule has 156 valence electrons. The minimum absolute atomic E-state index is 0.00698. The third kappa shape index (κ3) is 5.22. The summed E-state index contributed by atoms with van der Waals surface area (Å²) < 4.78 is 55.2. The minimum atomic E-state index is -4.41. The average Bonchev–Trinajstić information content (AvgIpc) is 2.73. The van der Waals surface area contributed by atoms with Crippen molar-refractivity contribution in [1.29, 1.82) is 0 Å². The van der Waals surface area contributed by atoms with Crippen molar-refractivity contribution in [3.63, 3.8) is 0 Å². The molecule has 7 heteroatoms. The van der Waals surface area contributed by atoms with Crippen molar-refractivity contribution in [2.24, 2.45) is 0 Å². The number of quaternary nitrogens is 1. The van der Waals surface area contributed by atoms with E-state index in [2.05, 4.69) is 0 Å². The summed E-state index contributed by atoms with van der Waals surface area (Å²) in [7, 11) is 0. The standard InChI is InChI=1S/C22H25F4N2O/c23-21(12-11-20(29)19-9-5-2-6-10-19)27-13-15-28(16-14-27,22(24,25)26)17-18-7-3-1-4-8-18/h1-10,21H,11-17H2/q+1. The first kappa shape index (κ1) is 21.5. The first-order chi connectivity index (χ1) is 13.8. The van der Waals surface area contributed by atoms with E-state index in [1.807, 2.05) is 0 Å². The van der Waals surface area contributed by atoms with Gasteiger partial charge in [0.05, 0.1) is 26.2 Å². The second-order valence-electron chi connectivity index (χ2n) is 7.50. The van der Waals surface area contributed by atoms with Crippen molar-refractivity contribution in [3.8, 4) is 0 Å². The summed E-state index contributed by atoms with van der Waals surface area (Å²) in [5.41, 5.74) is 1.14. The van der Waals surface area contributed by atoms with Crippen molar-refractivity contribution in [1.82, 2.24) is 4.90 Å². The lowest BCUT2D eigenvalue weighted by Crippen LogP contribution is -2.66. The molecule has 1 aliphatic rings. The molecule has 3 nitrogen and oxygen atoms in total. The van der Waals surface area contributed by atoms with E-state index >= 15 is 0 Å². The molecule has 0 spiro atoms. The lowest BCUT2D eigenvalue weighted by molar-refractivity contribution is -1.04. The van der Waals surface area contributed by atoms with E-state index in [1.54, 1.807) is 60.7 Å². The van der Waals surface area contributed by atoms with E-state index in [9.17, 15) is 22.4 Å². The lowest BCUT2D eigenvalue weighted by Gasteiger charge is -2.45. The maximum atomic E-state index is 14.6. The van der Waals surface area contributed by atoms with Crippen LogP contribution in [0.2, 0.25) is 0 Å². The van der Waals surface area contributed by atoms with Gasteiger partial charge in [0, 0.05) is 17.5 Å². The van der Waals surface area contributed by atoms with Gasteiger partial charge in [-0.25, -0.2) is 8.87 Å². The number of Topliss-reactive ketones (excluding diaryl/α,β-unsaturated/α-hetero) is 1. The van der Waals surface area contributed by atoms with E-state index in [1.165, 1.54) is 4.90 Å². The summed E-state index contributed by atoms with van der Waals surface area (Å²) in [6.07, 6.45) is -5.81. The SMILES string of the molecule is O=C(CCC(F)N1CC[N+](Cc2ccccc2)(C(F)(F)F)CC1)c1ccccc1. The summed E-state index contributed by atoms with van der Waals surface area (Å²) in [5.74, 6) is -0.158. The Morgan fingerprint density at radius 1 is 0.966 bits per heavy atom. The molecular weight excluding hydrogens is 384 g/mol. The molecule has 1 atom stereocenters. The summed E-state index contributed by atoms with van der Waals surface area (Å²) >= 11 is 0. The molecule has 0 aromatic heterocycles. The third-order valence-corrected chi connectivity index (χ3v) is 5.60. The van der Waals surface area contributed by atoms with Gasteiger partial charge in [0.25, 0.3) is 0 Å². The molecular formula is C22H25F4N2O+. The van der Waals surface area contributed by atoms with Gasteiger partial charge in [0.2, 0.25) is 0 Å². The fourth-order valence-electron chi connectivity index (χ4n) is 3.78. The van der Waals surface area contributed by atoms with Crippen molar-refractivity contribution in [2.75, 3.05) is 26.2 Å². The number of ketones is 1. The number of piperazine rings is 1. The van der Waals surface area contributed by atoms with Crippen LogP contribution in [0.1, 0.15) is 28.8 Å². The van der Waals surface area contributed by atoms with Crippen LogP contribution in [-0.4, -0.2) is 53.9 Å². The lowest BCUT2D eigenvalue weighted by atomic mass is 10.1. The Hall–Kier alpha value is -2.25. The molecule has 0 bridgehead atoms. The Kier molecular flexibility index (Phi) is 6.70. The van der Waals surface area contributed by atoms with Crippen LogP contribution in [0.5, 0.6) is 0 Å². The van der Waals surface area contributed by atoms with Crippen molar-refractivity contribution >= 4 is 5.78 Å². The number of carbonyl (C=O) groups is 1. The monoisotopic (exact) mass is 409 g/mol. The van der Waals surface area contributed by atoms with Crippen molar-refractivity contribution in [2.45, 2.75) is 32.0 Å². The first-order valence-electron chi connectivity index (χ1n) is 9.74. The molecule has 1 fully saturated rings. The van der Waals surface area contributed by atoms with Gasteiger partial charge in [0.1, 0.15) is 6.54 Å². The zero-order valence-electron chi connectivity index (χ0n) is 16.1. The van der Waals surface area contributed by atoms with Gasteiger partial charge in [-0.05, 0) is 6.42 Å². The summed E-state index contributed by atoms with van der Waals surface area (Å²) in [4.78, 5) is 13.6. The van der Waals surface area contributed by atoms with Crippen LogP contribution in [0, 0.1) is 0 Å². The number of alkyl halides is 4. The van der Waals surface area contributed by atoms with Crippen LogP contribution >= 0.6 is 0 Å². The molecule has 1 saturated heterocycles. The smallest absolute Gasteiger partial charge is 0.294 e. The fraction of sp³-hybridized carbons (Fsp3) is 0.409. The Bertz CT molecular complexity index is 787. The maximum Gasteiger partial charge on any atom is 0.561 e. The van der Waals surface area contributed by atoms with E-state index in [4.69, 9.17) is 0 Å². The fourth-order valence-corrected chi connectivity index (χ4v) is 3.78. The van der Waals surface area contributed by atoms with Crippen LogP contribution in [0.15, 0.2) is 60.7 Å². The van der Waals surface area contributed by atoms with Crippen LogP contribution in [0.25, 0.3) is 0 Å². The molecule has 0 radical (unpaired) electrons. The predicted octanol–water partition coefficient (Wildman–Crippen LogP) is 4.80. The number of hydrogen-bond donors (Lipinski definition) is 0. The van der Waals surface area contributed by atoms with Gasteiger partial charge in [-0.3, -0.25) is 9.69 Å². The number of nitrogens with zero attached hydrogens (tertiary/aromatic N) is 2. The highest BCUT2D eigenvalue weighted by atomic mass is 19.4. The van der Waals surface area contributed by atoms with E-state index in [0.717, 1.165) is 0 Å². The minimum Gasteiger partial charge on any atom is -0.294 e. The van der Waals surface area contributed by atoms with E-state index in [-0.39, 0.29) is 51.3 Å². The van der Waals surface area contributed by atoms with Gasteiger partial charge in [0.15, 0.2) is 12.1 Å².